The maximum Gasteiger partial charge on any atom is 0.466 e. The van der Waals surface area contributed by atoms with Crippen LogP contribution in [0.2, 0.25) is 0 Å². The summed E-state index contributed by atoms with van der Waals surface area (Å²) in [5, 5.41) is 9.05. The second-order valence-electron chi connectivity index (χ2n) is 4.29. The Morgan fingerprint density at radius 2 is 1.70 bits per heavy atom. The van der Waals surface area contributed by atoms with E-state index in [1.54, 1.807) is 24.3 Å². The van der Waals surface area contributed by atoms with Gasteiger partial charge in [0, 0.05) is 0 Å². The van der Waals surface area contributed by atoms with E-state index in [9.17, 15) is 9.59 Å². The molecule has 2 aliphatic rings. The van der Waals surface area contributed by atoms with Crippen LogP contribution in [-0.4, -0.2) is 30.7 Å². The predicted molar refractivity (Wildman–Crippen MR) is 78.1 cm³/mol. The van der Waals surface area contributed by atoms with Crippen LogP contribution in [0.4, 0.5) is 0 Å². The van der Waals surface area contributed by atoms with Crippen LogP contribution in [0.25, 0.3) is 22.6 Å². The number of carboxylic acids is 1. The lowest BCUT2D eigenvalue weighted by Gasteiger charge is -2.07. The molecular formula is C13H10NO8P. The molecule has 0 bridgehead atoms. The Hall–Kier alpha value is -2.58. The summed E-state index contributed by atoms with van der Waals surface area (Å²) in [6, 6.07) is 9.62. The molecule has 0 fully saturated rings. The molecule has 1 aromatic rings. The van der Waals surface area contributed by atoms with E-state index in [2.05, 4.69) is 4.98 Å². The van der Waals surface area contributed by atoms with Crippen molar-refractivity contribution in [3.63, 3.8) is 0 Å². The van der Waals surface area contributed by atoms with Crippen molar-refractivity contribution in [2.75, 3.05) is 0 Å². The van der Waals surface area contributed by atoms with Crippen molar-refractivity contribution in [2.24, 2.45) is 0 Å². The molecule has 4 N–H and O–H groups in total. The van der Waals surface area contributed by atoms with Gasteiger partial charge in [-0.3, -0.25) is 4.79 Å². The minimum absolute atomic E-state index is 0.00806. The molecule has 120 valence electrons. The van der Waals surface area contributed by atoms with Crippen LogP contribution in [0.15, 0.2) is 45.6 Å². The van der Waals surface area contributed by atoms with E-state index in [4.69, 9.17) is 28.8 Å². The molecule has 0 radical (unpaired) electrons. The summed E-state index contributed by atoms with van der Waals surface area (Å²) in [5.74, 6) is -1.31. The molecule has 0 spiro atoms. The second-order valence-corrected chi connectivity index (χ2v) is 5.31. The van der Waals surface area contributed by atoms with Gasteiger partial charge in [0.2, 0.25) is 0 Å². The van der Waals surface area contributed by atoms with E-state index in [1.807, 2.05) is 0 Å². The normalized spacial score (nSPS) is 11.1. The number of para-hydroxylation sites is 2. The molecule has 0 saturated carbocycles. The Balaban J connectivity index is 0.000000338. The number of nitrogens with zero attached hydrogens (tertiary/aromatic N) is 1. The number of aromatic nitrogens is 1. The van der Waals surface area contributed by atoms with Crippen LogP contribution in [0.1, 0.15) is 10.4 Å². The molecule has 10 heteroatoms. The van der Waals surface area contributed by atoms with Gasteiger partial charge in [-0.05, 0) is 24.3 Å². The maximum atomic E-state index is 11.5. The average Bonchev–Trinajstić information content (AvgIpc) is 2.43. The Kier molecular flexibility index (Phi) is 4.57. The van der Waals surface area contributed by atoms with E-state index in [0.717, 1.165) is 0 Å². The number of carboxylic acid groups (broad SMARTS) is 1. The maximum absolute atomic E-state index is 11.5. The molecule has 0 unspecified atom stereocenters. The van der Waals surface area contributed by atoms with Crippen molar-refractivity contribution < 1.29 is 33.6 Å². The molecule has 0 aromatic heterocycles. The molecule has 1 aliphatic heterocycles. The first-order valence-electron chi connectivity index (χ1n) is 6.01. The monoisotopic (exact) mass is 339 g/mol. The highest BCUT2D eigenvalue weighted by Gasteiger charge is 2.21. The number of carbonyl (C=O) groups is 1. The van der Waals surface area contributed by atoms with Crippen molar-refractivity contribution in [2.45, 2.75) is 0 Å². The number of hydrogen-bond donors (Lipinski definition) is 4. The Bertz CT molecular complexity index is 936. The molecule has 0 saturated heterocycles. The van der Waals surface area contributed by atoms with Gasteiger partial charge in [-0.15, -0.1) is 0 Å². The summed E-state index contributed by atoms with van der Waals surface area (Å²) >= 11 is 0. The number of benzene rings is 2. The molecule has 3 rings (SSSR count). The summed E-state index contributed by atoms with van der Waals surface area (Å²) in [4.78, 5) is 48.5. The summed E-state index contributed by atoms with van der Waals surface area (Å²) < 4.78 is 14.4. The van der Waals surface area contributed by atoms with Crippen molar-refractivity contribution in [1.29, 1.82) is 0 Å². The standard InChI is InChI=1S/C13H7NO4.H3O4P/c15-9-6-5-8-12(11(9)13(16)17)18-10-4-2-1-3-7(10)14-8;1-5(2,3)4/h1-6H,(H,16,17);(H3,1,2,3,4). The Labute approximate surface area is 128 Å². The van der Waals surface area contributed by atoms with Crippen LogP contribution in [0.3, 0.4) is 0 Å². The minimum atomic E-state index is -4.64. The summed E-state index contributed by atoms with van der Waals surface area (Å²) in [6.07, 6.45) is 0. The smallest absolute Gasteiger partial charge is 0.466 e. The van der Waals surface area contributed by atoms with E-state index in [1.165, 1.54) is 12.1 Å². The molecule has 1 aliphatic carbocycles. The first-order valence-corrected chi connectivity index (χ1v) is 7.57. The average molecular weight is 339 g/mol. The lowest BCUT2D eigenvalue weighted by molar-refractivity contribution is 0.0694. The number of rotatable bonds is 1. The third-order valence-corrected chi connectivity index (χ3v) is 2.63. The molecule has 1 heterocycles. The zero-order valence-electron chi connectivity index (χ0n) is 11.3. The van der Waals surface area contributed by atoms with E-state index < -0.39 is 19.2 Å². The lowest BCUT2D eigenvalue weighted by Crippen LogP contribution is -2.16. The number of hydrogen-bond acceptors (Lipinski definition) is 5. The second kappa shape index (κ2) is 6.27. The van der Waals surface area contributed by atoms with Crippen LogP contribution in [-0.2, 0) is 4.57 Å². The summed E-state index contributed by atoms with van der Waals surface area (Å²) in [5.41, 5.74) is 0.436. The zero-order valence-corrected chi connectivity index (χ0v) is 12.2. The van der Waals surface area contributed by atoms with E-state index >= 15 is 0 Å². The SMILES string of the molecule is O=C(O)c1c2oc3ccccc3nc-2ccc1=O.O=P(O)(O)O. The van der Waals surface area contributed by atoms with Crippen molar-refractivity contribution in [1.82, 2.24) is 4.98 Å². The van der Waals surface area contributed by atoms with Gasteiger partial charge >= 0.3 is 13.8 Å². The number of aromatic carboxylic acids is 1. The van der Waals surface area contributed by atoms with Gasteiger partial charge in [-0.2, -0.15) is 0 Å². The summed E-state index contributed by atoms with van der Waals surface area (Å²) in [6.45, 7) is 0. The fourth-order valence-electron chi connectivity index (χ4n) is 1.82. The van der Waals surface area contributed by atoms with Crippen LogP contribution in [0.5, 0.6) is 0 Å². The van der Waals surface area contributed by atoms with Gasteiger partial charge in [0.05, 0.1) is 0 Å². The lowest BCUT2D eigenvalue weighted by atomic mass is 10.1. The minimum Gasteiger partial charge on any atom is -0.477 e. The highest BCUT2D eigenvalue weighted by Crippen LogP contribution is 2.26. The molecule has 0 amide bonds. The topological polar surface area (TPSA) is 158 Å². The van der Waals surface area contributed by atoms with Crippen molar-refractivity contribution in [3.8, 4) is 11.5 Å². The Morgan fingerprint density at radius 3 is 2.30 bits per heavy atom. The van der Waals surface area contributed by atoms with E-state index in [0.29, 0.717) is 16.8 Å². The Morgan fingerprint density at radius 1 is 1.09 bits per heavy atom. The van der Waals surface area contributed by atoms with Crippen LogP contribution in [0, 0.1) is 0 Å². The zero-order chi connectivity index (χ0) is 17.2. The largest absolute Gasteiger partial charge is 0.477 e. The third-order valence-electron chi connectivity index (χ3n) is 2.63. The van der Waals surface area contributed by atoms with E-state index in [-0.39, 0.29) is 11.3 Å². The van der Waals surface area contributed by atoms with Gasteiger partial charge in [-0.25, -0.2) is 14.3 Å². The molecule has 0 atom stereocenters. The molecule has 9 nitrogen and oxygen atoms in total. The first kappa shape index (κ1) is 16.8. The number of phosphoric acid groups is 1. The quantitative estimate of drug-likeness (QED) is 0.375. The first-order chi connectivity index (χ1) is 10.7. The molecule has 1 aromatic carbocycles. The van der Waals surface area contributed by atoms with Gasteiger partial charge < -0.3 is 24.2 Å². The highest BCUT2D eigenvalue weighted by molar-refractivity contribution is 7.45. The molecular weight excluding hydrogens is 329 g/mol. The third kappa shape index (κ3) is 4.21. The molecule has 23 heavy (non-hydrogen) atoms. The fourth-order valence-corrected chi connectivity index (χ4v) is 1.82. The van der Waals surface area contributed by atoms with Gasteiger partial charge in [0.15, 0.2) is 22.3 Å². The predicted octanol–water partition coefficient (Wildman–Crippen LogP) is 1.06. The highest BCUT2D eigenvalue weighted by atomic mass is 31.2. The van der Waals surface area contributed by atoms with Crippen LogP contribution >= 0.6 is 7.82 Å². The van der Waals surface area contributed by atoms with Gasteiger partial charge in [-0.1, -0.05) is 12.1 Å². The van der Waals surface area contributed by atoms with Crippen molar-refractivity contribution in [3.05, 3.63) is 52.2 Å². The summed E-state index contributed by atoms with van der Waals surface area (Å²) in [7, 11) is -4.64. The van der Waals surface area contributed by atoms with Gasteiger partial charge in [0.1, 0.15) is 11.2 Å². The van der Waals surface area contributed by atoms with Crippen molar-refractivity contribution >= 4 is 24.9 Å². The fraction of sp³-hybridized carbons (Fsp3) is 0. The van der Waals surface area contributed by atoms with Gasteiger partial charge in [0.25, 0.3) is 0 Å². The number of fused-ring (bicyclic) bond motifs is 2. The van der Waals surface area contributed by atoms with Crippen LogP contribution < -0.4 is 5.43 Å².